The first-order valence-corrected chi connectivity index (χ1v) is 9.27. The third-order valence-electron chi connectivity index (χ3n) is 4.19. The Hall–Kier alpha value is -2.65. The SMILES string of the molecule is CC(=O)OC[C@H]1OC(OCCc2ccc(O)cc2)C[C@@H](OC(C)=O)[C@@H]1OC(C)=O. The first kappa shape index (κ1) is 22.6. The van der Waals surface area contributed by atoms with Crippen LogP contribution in [0.2, 0.25) is 0 Å². The van der Waals surface area contributed by atoms with Crippen molar-refractivity contribution in [3.8, 4) is 5.75 Å². The third kappa shape index (κ3) is 7.71. The van der Waals surface area contributed by atoms with Gasteiger partial charge in [-0.3, -0.25) is 14.4 Å². The maximum atomic E-state index is 11.5. The van der Waals surface area contributed by atoms with E-state index >= 15 is 0 Å². The summed E-state index contributed by atoms with van der Waals surface area (Å²) in [7, 11) is 0. The molecule has 0 spiro atoms. The molecular weight excluding hydrogens is 384 g/mol. The summed E-state index contributed by atoms with van der Waals surface area (Å²) in [6.45, 7) is 3.86. The molecule has 1 N–H and O–H groups in total. The van der Waals surface area contributed by atoms with Crippen LogP contribution in [0.15, 0.2) is 24.3 Å². The molecule has 1 unspecified atom stereocenters. The van der Waals surface area contributed by atoms with Gasteiger partial charge in [0.2, 0.25) is 0 Å². The summed E-state index contributed by atoms with van der Waals surface area (Å²) in [5.74, 6) is -1.45. The Kier molecular flexibility index (Phi) is 8.41. The number of rotatable bonds is 8. The number of carbonyl (C=O) groups is 3. The second-order valence-corrected chi connectivity index (χ2v) is 6.65. The summed E-state index contributed by atoms with van der Waals surface area (Å²) < 4.78 is 27.2. The smallest absolute Gasteiger partial charge is 0.303 e. The molecule has 0 radical (unpaired) electrons. The Morgan fingerprint density at radius 3 is 2.28 bits per heavy atom. The molecule has 0 bridgehead atoms. The summed E-state index contributed by atoms with van der Waals surface area (Å²) in [6, 6.07) is 6.73. The number of esters is 3. The van der Waals surface area contributed by atoms with E-state index in [2.05, 4.69) is 0 Å². The minimum absolute atomic E-state index is 0.156. The van der Waals surface area contributed by atoms with Crippen LogP contribution < -0.4 is 0 Å². The van der Waals surface area contributed by atoms with Gasteiger partial charge in [0.25, 0.3) is 0 Å². The molecule has 0 aliphatic carbocycles. The molecule has 1 saturated heterocycles. The number of hydrogen-bond acceptors (Lipinski definition) is 9. The highest BCUT2D eigenvalue weighted by molar-refractivity contribution is 5.67. The fraction of sp³-hybridized carbons (Fsp3) is 0.550. The Balaban J connectivity index is 2.03. The topological polar surface area (TPSA) is 118 Å². The predicted molar refractivity (Wildman–Crippen MR) is 98.8 cm³/mol. The monoisotopic (exact) mass is 410 g/mol. The lowest BCUT2D eigenvalue weighted by Gasteiger charge is -2.39. The normalized spacial score (nSPS) is 23.8. The van der Waals surface area contributed by atoms with Crippen molar-refractivity contribution in [2.45, 2.75) is 58.2 Å². The molecule has 0 aromatic heterocycles. The number of phenols is 1. The molecule has 1 aliphatic rings. The van der Waals surface area contributed by atoms with E-state index in [1.165, 1.54) is 20.8 Å². The van der Waals surface area contributed by atoms with Crippen molar-refractivity contribution in [3.05, 3.63) is 29.8 Å². The molecular formula is C20H26O9. The summed E-state index contributed by atoms with van der Waals surface area (Å²) >= 11 is 0. The Morgan fingerprint density at radius 2 is 1.69 bits per heavy atom. The zero-order chi connectivity index (χ0) is 21.4. The predicted octanol–water partition coefficient (Wildman–Crippen LogP) is 1.49. The Bertz CT molecular complexity index is 700. The van der Waals surface area contributed by atoms with Crippen LogP contribution in [0.1, 0.15) is 32.8 Å². The van der Waals surface area contributed by atoms with E-state index in [1.54, 1.807) is 24.3 Å². The van der Waals surface area contributed by atoms with Gasteiger partial charge in [-0.15, -0.1) is 0 Å². The van der Waals surface area contributed by atoms with Gasteiger partial charge in [-0.2, -0.15) is 0 Å². The van der Waals surface area contributed by atoms with Crippen LogP contribution in [0.5, 0.6) is 5.75 Å². The Morgan fingerprint density at radius 1 is 1.03 bits per heavy atom. The van der Waals surface area contributed by atoms with Crippen LogP contribution in [0.4, 0.5) is 0 Å². The molecule has 2 rings (SSSR count). The van der Waals surface area contributed by atoms with Gasteiger partial charge in [0.05, 0.1) is 6.61 Å². The van der Waals surface area contributed by atoms with E-state index in [9.17, 15) is 19.5 Å². The molecule has 160 valence electrons. The quantitative estimate of drug-likeness (QED) is 0.502. The summed E-state index contributed by atoms with van der Waals surface area (Å²) in [6.07, 6.45) is -2.59. The van der Waals surface area contributed by atoms with E-state index in [1.807, 2.05) is 0 Å². The van der Waals surface area contributed by atoms with Gasteiger partial charge in [-0.25, -0.2) is 0 Å². The minimum Gasteiger partial charge on any atom is -0.508 e. The fourth-order valence-corrected chi connectivity index (χ4v) is 2.97. The van der Waals surface area contributed by atoms with Crippen molar-refractivity contribution in [2.75, 3.05) is 13.2 Å². The maximum Gasteiger partial charge on any atom is 0.303 e. The standard InChI is InChI=1S/C20H26O9/c1-12(21)26-11-18-20(28-14(3)23)17(27-13(2)22)10-19(29-18)25-9-8-15-4-6-16(24)7-5-15/h4-7,17-20,24H,8-11H2,1-3H3/t17-,18-,19?,20+/m1/s1. The molecule has 1 aromatic carbocycles. The van der Waals surface area contributed by atoms with E-state index < -0.39 is 42.5 Å². The average Bonchev–Trinajstić information content (AvgIpc) is 2.63. The average molecular weight is 410 g/mol. The molecule has 1 fully saturated rings. The second kappa shape index (κ2) is 10.8. The van der Waals surface area contributed by atoms with E-state index in [-0.39, 0.29) is 18.8 Å². The number of phenolic OH excluding ortho intramolecular Hbond substituents is 1. The van der Waals surface area contributed by atoms with Crippen LogP contribution in [-0.4, -0.2) is 60.8 Å². The summed E-state index contributed by atoms with van der Waals surface area (Å²) in [4.78, 5) is 34.2. The van der Waals surface area contributed by atoms with Crippen molar-refractivity contribution in [1.29, 1.82) is 0 Å². The minimum atomic E-state index is -0.923. The number of benzene rings is 1. The molecule has 4 atom stereocenters. The zero-order valence-corrected chi connectivity index (χ0v) is 16.7. The fourth-order valence-electron chi connectivity index (χ4n) is 2.97. The van der Waals surface area contributed by atoms with Gasteiger partial charge in [-0.05, 0) is 24.1 Å². The van der Waals surface area contributed by atoms with Crippen molar-refractivity contribution in [3.63, 3.8) is 0 Å². The molecule has 9 heteroatoms. The number of carbonyl (C=O) groups excluding carboxylic acids is 3. The largest absolute Gasteiger partial charge is 0.508 e. The first-order valence-electron chi connectivity index (χ1n) is 9.27. The van der Waals surface area contributed by atoms with Gasteiger partial charge in [0.1, 0.15) is 24.6 Å². The lowest BCUT2D eigenvalue weighted by molar-refractivity contribution is -0.266. The molecule has 0 amide bonds. The molecule has 29 heavy (non-hydrogen) atoms. The van der Waals surface area contributed by atoms with Gasteiger partial charge in [0, 0.05) is 27.2 Å². The van der Waals surface area contributed by atoms with Crippen molar-refractivity contribution in [1.82, 2.24) is 0 Å². The molecule has 1 aromatic rings. The second-order valence-electron chi connectivity index (χ2n) is 6.65. The van der Waals surface area contributed by atoms with E-state index in [4.69, 9.17) is 23.7 Å². The first-order chi connectivity index (χ1) is 13.7. The van der Waals surface area contributed by atoms with Crippen LogP contribution in [0.25, 0.3) is 0 Å². The van der Waals surface area contributed by atoms with E-state index in [0.717, 1.165) is 5.56 Å². The third-order valence-corrected chi connectivity index (χ3v) is 4.19. The lowest BCUT2D eigenvalue weighted by Crippen LogP contribution is -2.54. The van der Waals surface area contributed by atoms with Gasteiger partial charge >= 0.3 is 17.9 Å². The highest BCUT2D eigenvalue weighted by Crippen LogP contribution is 2.27. The number of aromatic hydroxyl groups is 1. The van der Waals surface area contributed by atoms with Crippen molar-refractivity contribution < 1.29 is 43.2 Å². The zero-order valence-electron chi connectivity index (χ0n) is 16.7. The molecule has 0 saturated carbocycles. The van der Waals surface area contributed by atoms with Crippen LogP contribution in [0, 0.1) is 0 Å². The maximum absolute atomic E-state index is 11.5. The van der Waals surface area contributed by atoms with Gasteiger partial charge in [0.15, 0.2) is 12.4 Å². The van der Waals surface area contributed by atoms with Crippen LogP contribution in [-0.2, 0) is 44.5 Å². The van der Waals surface area contributed by atoms with Crippen LogP contribution >= 0.6 is 0 Å². The number of hydrogen-bond donors (Lipinski definition) is 1. The summed E-state index contributed by atoms with van der Waals surface area (Å²) in [5.41, 5.74) is 0.962. The Labute approximate surface area is 168 Å². The summed E-state index contributed by atoms with van der Waals surface area (Å²) in [5, 5.41) is 9.33. The van der Waals surface area contributed by atoms with Crippen molar-refractivity contribution >= 4 is 17.9 Å². The highest BCUT2D eigenvalue weighted by Gasteiger charge is 2.44. The van der Waals surface area contributed by atoms with Gasteiger partial charge in [-0.1, -0.05) is 12.1 Å². The molecule has 1 aliphatic heterocycles. The molecule has 1 heterocycles. The highest BCUT2D eigenvalue weighted by atomic mass is 16.7. The number of ether oxygens (including phenoxy) is 5. The van der Waals surface area contributed by atoms with Crippen molar-refractivity contribution in [2.24, 2.45) is 0 Å². The van der Waals surface area contributed by atoms with Crippen LogP contribution in [0.3, 0.4) is 0 Å². The lowest BCUT2D eigenvalue weighted by atomic mass is 10.0. The molecule has 9 nitrogen and oxygen atoms in total. The van der Waals surface area contributed by atoms with Gasteiger partial charge < -0.3 is 28.8 Å². The van der Waals surface area contributed by atoms with E-state index in [0.29, 0.717) is 13.0 Å².